The van der Waals surface area contributed by atoms with Gasteiger partial charge in [0.15, 0.2) is 5.16 Å². The summed E-state index contributed by atoms with van der Waals surface area (Å²) in [6.45, 7) is 4.49. The van der Waals surface area contributed by atoms with Gasteiger partial charge < -0.3 is 10.1 Å². The lowest BCUT2D eigenvalue weighted by Crippen LogP contribution is -2.44. The van der Waals surface area contributed by atoms with E-state index in [1.165, 1.54) is 11.8 Å². The molecule has 0 saturated heterocycles. The molecule has 6 nitrogen and oxygen atoms in total. The molecule has 7 heteroatoms. The van der Waals surface area contributed by atoms with E-state index in [1.54, 1.807) is 24.8 Å². The molecule has 0 bridgehead atoms. The molecular formula is C13H19N3O3S. The average molecular weight is 297 g/mol. The number of hydrogen-bond donors (Lipinski definition) is 1. The first-order valence-electron chi connectivity index (χ1n) is 6.51. The van der Waals surface area contributed by atoms with Gasteiger partial charge in [-0.1, -0.05) is 11.8 Å². The van der Waals surface area contributed by atoms with Gasteiger partial charge in [-0.25, -0.2) is 4.98 Å². The molecule has 110 valence electrons. The maximum atomic E-state index is 12.2. The zero-order valence-electron chi connectivity index (χ0n) is 11.9. The van der Waals surface area contributed by atoms with Crippen LogP contribution in [0.25, 0.3) is 0 Å². The Bertz CT molecular complexity index is 558. The quantitative estimate of drug-likeness (QED) is 0.816. The zero-order chi connectivity index (χ0) is 14.7. The summed E-state index contributed by atoms with van der Waals surface area (Å²) in [4.78, 5) is 28.5. The average Bonchev–Trinajstić information content (AvgIpc) is 2.43. The summed E-state index contributed by atoms with van der Waals surface area (Å²) >= 11 is 1.45. The van der Waals surface area contributed by atoms with Crippen molar-refractivity contribution in [2.24, 2.45) is 5.92 Å². The van der Waals surface area contributed by atoms with Crippen LogP contribution in [0.5, 0.6) is 0 Å². The van der Waals surface area contributed by atoms with Crippen molar-refractivity contribution in [2.45, 2.75) is 31.6 Å². The van der Waals surface area contributed by atoms with Gasteiger partial charge in [0.05, 0.1) is 12.5 Å². The Morgan fingerprint density at radius 2 is 2.45 bits per heavy atom. The highest BCUT2D eigenvalue weighted by Gasteiger charge is 2.27. The van der Waals surface area contributed by atoms with E-state index in [0.717, 1.165) is 0 Å². The first-order chi connectivity index (χ1) is 9.52. The van der Waals surface area contributed by atoms with Crippen molar-refractivity contribution < 1.29 is 9.53 Å². The first kappa shape index (κ1) is 15.1. The van der Waals surface area contributed by atoms with Crippen LogP contribution >= 0.6 is 11.8 Å². The van der Waals surface area contributed by atoms with Crippen LogP contribution in [0.3, 0.4) is 0 Å². The Hall–Kier alpha value is -1.34. The highest BCUT2D eigenvalue weighted by atomic mass is 32.2. The molecule has 0 radical (unpaired) electrons. The molecule has 1 aliphatic rings. The third kappa shape index (κ3) is 3.21. The predicted molar refractivity (Wildman–Crippen MR) is 76.9 cm³/mol. The molecule has 0 aliphatic carbocycles. The summed E-state index contributed by atoms with van der Waals surface area (Å²) in [5, 5.41) is 3.59. The molecule has 1 aromatic heterocycles. The Balaban J connectivity index is 2.09. The normalized spacial score (nSPS) is 19.2. The van der Waals surface area contributed by atoms with Crippen LogP contribution in [-0.2, 0) is 16.1 Å². The molecule has 1 aliphatic heterocycles. The molecule has 2 atom stereocenters. The van der Waals surface area contributed by atoms with Crippen LogP contribution in [-0.4, -0.2) is 41.0 Å². The molecule has 0 unspecified atom stereocenters. The molecule has 20 heavy (non-hydrogen) atoms. The number of aromatic nitrogens is 2. The van der Waals surface area contributed by atoms with E-state index in [4.69, 9.17) is 4.74 Å². The third-order valence-electron chi connectivity index (χ3n) is 3.17. The van der Waals surface area contributed by atoms with Crippen molar-refractivity contribution in [2.75, 3.05) is 19.5 Å². The highest BCUT2D eigenvalue weighted by Crippen LogP contribution is 2.24. The van der Waals surface area contributed by atoms with E-state index in [1.807, 2.05) is 6.92 Å². The van der Waals surface area contributed by atoms with Gasteiger partial charge in [0.2, 0.25) is 5.91 Å². The number of carbonyl (C=O) groups excluding carboxylic acids is 1. The second-order valence-corrected chi connectivity index (χ2v) is 6.00. The highest BCUT2D eigenvalue weighted by molar-refractivity contribution is 7.99. The standard InChI is InChI=1S/C13H19N3O3S/c1-8-4-14-13-16(12(8)18)5-10(7-20-13)11(17)15-9(2)6-19-3/h4,9-10H,5-7H2,1-3H3,(H,15,17)/t9-,10+/m1/s1. The van der Waals surface area contributed by atoms with Crippen molar-refractivity contribution in [3.8, 4) is 0 Å². The minimum atomic E-state index is -0.215. The van der Waals surface area contributed by atoms with Crippen LogP contribution in [0.4, 0.5) is 0 Å². The molecule has 1 aromatic rings. The maximum absolute atomic E-state index is 12.2. The maximum Gasteiger partial charge on any atom is 0.257 e. The summed E-state index contributed by atoms with van der Waals surface area (Å²) in [7, 11) is 1.60. The van der Waals surface area contributed by atoms with Crippen molar-refractivity contribution in [3.63, 3.8) is 0 Å². The molecule has 0 spiro atoms. The fourth-order valence-corrected chi connectivity index (χ4v) is 3.16. The lowest BCUT2D eigenvalue weighted by Gasteiger charge is -2.25. The molecule has 1 amide bonds. The summed E-state index contributed by atoms with van der Waals surface area (Å²) in [6.07, 6.45) is 1.59. The predicted octanol–water partition coefficient (Wildman–Crippen LogP) is 0.425. The summed E-state index contributed by atoms with van der Waals surface area (Å²) < 4.78 is 6.59. The number of ether oxygens (including phenoxy) is 1. The zero-order valence-corrected chi connectivity index (χ0v) is 12.7. The summed E-state index contributed by atoms with van der Waals surface area (Å²) in [6, 6.07) is -0.0359. The molecule has 2 rings (SSSR count). The van der Waals surface area contributed by atoms with E-state index < -0.39 is 0 Å². The van der Waals surface area contributed by atoms with Gasteiger partial charge in [-0.3, -0.25) is 14.2 Å². The monoisotopic (exact) mass is 297 g/mol. The Morgan fingerprint density at radius 1 is 1.70 bits per heavy atom. The number of aryl methyl sites for hydroxylation is 1. The molecule has 0 fully saturated rings. The lowest BCUT2D eigenvalue weighted by molar-refractivity contribution is -0.125. The molecule has 0 saturated carbocycles. The van der Waals surface area contributed by atoms with Gasteiger partial charge in [0.1, 0.15) is 0 Å². The number of carbonyl (C=O) groups is 1. The topological polar surface area (TPSA) is 73.2 Å². The molecule has 2 heterocycles. The van der Waals surface area contributed by atoms with Gasteiger partial charge in [0, 0.05) is 37.2 Å². The number of thioether (sulfide) groups is 1. The van der Waals surface area contributed by atoms with E-state index in [0.29, 0.717) is 29.6 Å². The number of methoxy groups -OCH3 is 1. The SMILES string of the molecule is COC[C@@H](C)NC(=O)[C@@H]1CSc2ncc(C)c(=O)n2C1. The van der Waals surface area contributed by atoms with Crippen molar-refractivity contribution >= 4 is 17.7 Å². The van der Waals surface area contributed by atoms with Crippen LogP contribution in [0.2, 0.25) is 0 Å². The number of rotatable bonds is 4. The number of hydrogen-bond acceptors (Lipinski definition) is 5. The van der Waals surface area contributed by atoms with Crippen molar-refractivity contribution in [1.82, 2.24) is 14.9 Å². The summed E-state index contributed by atoms with van der Waals surface area (Å²) in [5.41, 5.74) is 0.535. The van der Waals surface area contributed by atoms with Gasteiger partial charge in [-0.2, -0.15) is 0 Å². The van der Waals surface area contributed by atoms with Crippen LogP contribution in [0.15, 0.2) is 16.1 Å². The van der Waals surface area contributed by atoms with Crippen LogP contribution in [0, 0.1) is 12.8 Å². The Labute approximate surface area is 121 Å². The largest absolute Gasteiger partial charge is 0.383 e. The Morgan fingerprint density at radius 3 is 3.15 bits per heavy atom. The molecule has 1 N–H and O–H groups in total. The Kier molecular flexibility index (Phi) is 4.82. The molecular weight excluding hydrogens is 278 g/mol. The van der Waals surface area contributed by atoms with E-state index in [-0.39, 0.29) is 23.4 Å². The van der Waals surface area contributed by atoms with Crippen molar-refractivity contribution in [3.05, 3.63) is 22.1 Å². The second kappa shape index (κ2) is 6.41. The fraction of sp³-hybridized carbons (Fsp3) is 0.615. The third-order valence-corrected chi connectivity index (χ3v) is 4.33. The summed E-state index contributed by atoms with van der Waals surface area (Å²) in [5.74, 6) is 0.385. The molecule has 0 aromatic carbocycles. The van der Waals surface area contributed by atoms with Crippen LogP contribution in [0.1, 0.15) is 12.5 Å². The van der Waals surface area contributed by atoms with Gasteiger partial charge in [-0.05, 0) is 13.8 Å². The second-order valence-electron chi connectivity index (χ2n) is 5.01. The minimum absolute atomic E-state index is 0.0359. The number of amides is 1. The van der Waals surface area contributed by atoms with Crippen LogP contribution < -0.4 is 10.9 Å². The van der Waals surface area contributed by atoms with Gasteiger partial charge in [-0.15, -0.1) is 0 Å². The van der Waals surface area contributed by atoms with E-state index >= 15 is 0 Å². The van der Waals surface area contributed by atoms with E-state index in [9.17, 15) is 9.59 Å². The number of nitrogens with zero attached hydrogens (tertiary/aromatic N) is 2. The van der Waals surface area contributed by atoms with Gasteiger partial charge >= 0.3 is 0 Å². The number of fused-ring (bicyclic) bond motifs is 1. The van der Waals surface area contributed by atoms with E-state index in [2.05, 4.69) is 10.3 Å². The number of nitrogens with one attached hydrogen (secondary N) is 1. The first-order valence-corrected chi connectivity index (χ1v) is 7.50. The smallest absolute Gasteiger partial charge is 0.257 e. The fourth-order valence-electron chi connectivity index (χ4n) is 2.11. The van der Waals surface area contributed by atoms with Crippen molar-refractivity contribution in [1.29, 1.82) is 0 Å². The van der Waals surface area contributed by atoms with Gasteiger partial charge in [0.25, 0.3) is 5.56 Å². The minimum Gasteiger partial charge on any atom is -0.383 e. The lowest BCUT2D eigenvalue weighted by atomic mass is 10.1.